The van der Waals surface area contributed by atoms with Gasteiger partial charge in [0.05, 0.1) is 5.75 Å². The van der Waals surface area contributed by atoms with Gasteiger partial charge in [-0.1, -0.05) is 0 Å². The first kappa shape index (κ1) is 12.0. The van der Waals surface area contributed by atoms with Gasteiger partial charge in [0.25, 0.3) is 0 Å². The van der Waals surface area contributed by atoms with E-state index >= 15 is 0 Å². The fraction of sp³-hybridized carbons (Fsp3) is 0.182. The van der Waals surface area contributed by atoms with Gasteiger partial charge in [0.1, 0.15) is 11.6 Å². The van der Waals surface area contributed by atoms with Crippen LogP contribution in [0.4, 0.5) is 13.2 Å². The number of nitrogens with zero attached hydrogens (tertiary/aromatic N) is 2. The van der Waals surface area contributed by atoms with Crippen molar-refractivity contribution in [3.05, 3.63) is 48.3 Å². The second-order valence-corrected chi connectivity index (χ2v) is 4.32. The van der Waals surface area contributed by atoms with Crippen LogP contribution in [0.3, 0.4) is 0 Å². The molecule has 17 heavy (non-hydrogen) atoms. The lowest BCUT2D eigenvalue weighted by Gasteiger charge is -2.05. The van der Waals surface area contributed by atoms with E-state index in [1.165, 1.54) is 36.3 Å². The number of rotatable bonds is 4. The lowest BCUT2D eigenvalue weighted by atomic mass is 10.4. The van der Waals surface area contributed by atoms with Crippen LogP contribution in [0.5, 0.6) is 0 Å². The average molecular weight is 258 g/mol. The highest BCUT2D eigenvalue weighted by molar-refractivity contribution is 7.98. The Morgan fingerprint density at radius 3 is 2.59 bits per heavy atom. The van der Waals surface area contributed by atoms with Crippen molar-refractivity contribution >= 4 is 11.8 Å². The van der Waals surface area contributed by atoms with E-state index in [0.29, 0.717) is 11.6 Å². The fourth-order valence-electron chi connectivity index (χ4n) is 1.31. The van der Waals surface area contributed by atoms with Crippen LogP contribution in [-0.2, 0) is 5.75 Å². The van der Waals surface area contributed by atoms with E-state index in [4.69, 9.17) is 0 Å². The maximum atomic E-state index is 12.6. The molecule has 0 saturated heterocycles. The zero-order valence-corrected chi connectivity index (χ0v) is 9.50. The number of imidazole rings is 1. The molecule has 1 heterocycles. The second-order valence-electron chi connectivity index (χ2n) is 3.27. The third-order valence-electron chi connectivity index (χ3n) is 2.14. The summed E-state index contributed by atoms with van der Waals surface area (Å²) in [4.78, 5) is 4.67. The topological polar surface area (TPSA) is 17.8 Å². The van der Waals surface area contributed by atoms with Crippen molar-refractivity contribution in [2.75, 3.05) is 0 Å². The highest BCUT2D eigenvalue weighted by Crippen LogP contribution is 2.24. The molecular weight excluding hydrogens is 249 g/mol. The molecular formula is C11H9F3N2S. The third kappa shape index (κ3) is 3.03. The van der Waals surface area contributed by atoms with E-state index in [2.05, 4.69) is 4.98 Å². The Morgan fingerprint density at radius 2 is 1.94 bits per heavy atom. The van der Waals surface area contributed by atoms with Gasteiger partial charge in [0, 0.05) is 17.3 Å². The number of hydrogen-bond donors (Lipinski definition) is 0. The zero-order chi connectivity index (χ0) is 12.3. The molecule has 0 atom stereocenters. The smallest absolute Gasteiger partial charge is 0.277 e. The van der Waals surface area contributed by atoms with Crippen molar-refractivity contribution in [1.82, 2.24) is 9.55 Å². The Balaban J connectivity index is 2.02. The summed E-state index contributed by atoms with van der Waals surface area (Å²) in [5.41, 5.74) is 0. The van der Waals surface area contributed by atoms with Crippen molar-refractivity contribution in [3.8, 4) is 0 Å². The molecule has 0 N–H and O–H groups in total. The highest BCUT2D eigenvalue weighted by Gasteiger charge is 2.11. The molecule has 90 valence electrons. The van der Waals surface area contributed by atoms with Gasteiger partial charge < -0.3 is 0 Å². The van der Waals surface area contributed by atoms with Crippen LogP contribution < -0.4 is 0 Å². The lowest BCUT2D eigenvalue weighted by molar-refractivity contribution is 0.0678. The van der Waals surface area contributed by atoms with Crippen LogP contribution in [0.1, 0.15) is 12.4 Å². The van der Waals surface area contributed by atoms with E-state index in [0.717, 1.165) is 9.46 Å². The van der Waals surface area contributed by atoms with Gasteiger partial charge in [0.2, 0.25) is 0 Å². The third-order valence-corrected chi connectivity index (χ3v) is 3.15. The van der Waals surface area contributed by atoms with Crippen LogP contribution >= 0.6 is 11.8 Å². The van der Waals surface area contributed by atoms with Crippen molar-refractivity contribution in [3.63, 3.8) is 0 Å². The van der Waals surface area contributed by atoms with Crippen LogP contribution in [-0.4, -0.2) is 9.55 Å². The van der Waals surface area contributed by atoms with E-state index in [1.54, 1.807) is 12.1 Å². The molecule has 2 nitrogen and oxygen atoms in total. The van der Waals surface area contributed by atoms with Gasteiger partial charge in [-0.25, -0.2) is 9.37 Å². The first-order chi connectivity index (χ1) is 8.16. The maximum absolute atomic E-state index is 12.6. The van der Waals surface area contributed by atoms with Crippen molar-refractivity contribution in [2.24, 2.45) is 0 Å². The van der Waals surface area contributed by atoms with Crippen molar-refractivity contribution in [2.45, 2.75) is 17.2 Å². The monoisotopic (exact) mass is 258 g/mol. The minimum Gasteiger partial charge on any atom is -0.277 e. The minimum atomic E-state index is -2.58. The molecule has 1 aromatic heterocycles. The number of hydrogen-bond acceptors (Lipinski definition) is 2. The molecule has 0 aliphatic rings. The van der Waals surface area contributed by atoms with Crippen LogP contribution in [0.2, 0.25) is 0 Å². The van der Waals surface area contributed by atoms with Gasteiger partial charge >= 0.3 is 6.55 Å². The van der Waals surface area contributed by atoms with E-state index in [9.17, 15) is 13.2 Å². The number of halogens is 3. The van der Waals surface area contributed by atoms with Crippen LogP contribution in [0.15, 0.2) is 41.6 Å². The van der Waals surface area contributed by atoms with E-state index in [1.807, 2.05) is 0 Å². The lowest BCUT2D eigenvalue weighted by Crippen LogP contribution is -2.01. The molecule has 0 spiro atoms. The first-order valence-corrected chi connectivity index (χ1v) is 5.83. The quantitative estimate of drug-likeness (QED) is 0.778. The zero-order valence-electron chi connectivity index (χ0n) is 8.69. The van der Waals surface area contributed by atoms with Gasteiger partial charge in [-0.3, -0.25) is 4.57 Å². The van der Waals surface area contributed by atoms with Gasteiger partial charge in [-0.2, -0.15) is 8.78 Å². The Hall–Kier alpha value is -1.43. The van der Waals surface area contributed by atoms with Crippen molar-refractivity contribution in [1.29, 1.82) is 0 Å². The summed E-state index contributed by atoms with van der Waals surface area (Å²) >= 11 is 1.34. The fourth-order valence-corrected chi connectivity index (χ4v) is 2.16. The first-order valence-electron chi connectivity index (χ1n) is 4.85. The molecule has 2 aromatic rings. The summed E-state index contributed by atoms with van der Waals surface area (Å²) in [6, 6.07) is 5.88. The number of aromatic nitrogens is 2. The van der Waals surface area contributed by atoms with Crippen molar-refractivity contribution < 1.29 is 13.2 Å². The predicted molar refractivity (Wildman–Crippen MR) is 59.4 cm³/mol. The minimum absolute atomic E-state index is 0.300. The van der Waals surface area contributed by atoms with Gasteiger partial charge in [-0.05, 0) is 24.3 Å². The molecule has 6 heteroatoms. The Kier molecular flexibility index (Phi) is 3.73. The van der Waals surface area contributed by atoms with Gasteiger partial charge in [-0.15, -0.1) is 11.8 Å². The normalized spacial score (nSPS) is 11.1. The molecule has 2 rings (SSSR count). The highest BCUT2D eigenvalue weighted by atomic mass is 32.2. The SMILES string of the molecule is Fc1ccc(SCc2nccn2C(F)F)cc1. The molecule has 0 unspecified atom stereocenters. The Bertz CT molecular complexity index is 482. The molecule has 0 fully saturated rings. The van der Waals surface area contributed by atoms with E-state index in [-0.39, 0.29) is 5.82 Å². The summed E-state index contributed by atoms with van der Waals surface area (Å²) in [6.07, 6.45) is 2.58. The Labute approximate surface area is 100 Å². The molecule has 0 bridgehead atoms. The summed E-state index contributed by atoms with van der Waals surface area (Å²) in [7, 11) is 0. The number of thioether (sulfide) groups is 1. The number of benzene rings is 1. The molecule has 0 aliphatic carbocycles. The van der Waals surface area contributed by atoms with Crippen LogP contribution in [0.25, 0.3) is 0 Å². The average Bonchev–Trinajstić information content (AvgIpc) is 2.76. The Morgan fingerprint density at radius 1 is 1.24 bits per heavy atom. The summed E-state index contributed by atoms with van der Waals surface area (Å²) < 4.78 is 38.5. The molecule has 1 aromatic carbocycles. The molecule has 0 radical (unpaired) electrons. The van der Waals surface area contributed by atoms with Crippen LogP contribution in [0, 0.1) is 5.82 Å². The molecule has 0 saturated carbocycles. The van der Waals surface area contributed by atoms with Gasteiger partial charge in [0.15, 0.2) is 0 Å². The summed E-state index contributed by atoms with van der Waals surface area (Å²) in [5, 5.41) is 0. The summed E-state index contributed by atoms with van der Waals surface area (Å²) in [5.74, 6) is 0.306. The number of alkyl halides is 2. The second kappa shape index (κ2) is 5.27. The molecule has 0 amide bonds. The largest absolute Gasteiger partial charge is 0.319 e. The summed E-state index contributed by atoms with van der Waals surface area (Å²) in [6.45, 7) is -2.58. The maximum Gasteiger partial charge on any atom is 0.319 e. The molecule has 0 aliphatic heterocycles. The standard InChI is InChI=1S/C11H9F3N2S/c12-8-1-3-9(4-2-8)17-7-10-15-5-6-16(10)11(13)14/h1-6,11H,7H2. The van der Waals surface area contributed by atoms with E-state index < -0.39 is 6.55 Å². The predicted octanol–water partition coefficient (Wildman–Crippen LogP) is 3.71.